The molecule has 2 nitrogen and oxygen atoms in total. The van der Waals surface area contributed by atoms with Gasteiger partial charge in [-0.1, -0.05) is 31.4 Å². The van der Waals surface area contributed by atoms with E-state index in [0.717, 1.165) is 31.4 Å². The third-order valence-electron chi connectivity index (χ3n) is 3.29. The summed E-state index contributed by atoms with van der Waals surface area (Å²) in [4.78, 5) is 0. The summed E-state index contributed by atoms with van der Waals surface area (Å²) in [6.07, 6.45) is 9.83. The highest BCUT2D eigenvalue weighted by molar-refractivity contribution is 5.27. The molecule has 1 N–H and O–H groups in total. The van der Waals surface area contributed by atoms with Gasteiger partial charge >= 0.3 is 0 Å². The third kappa shape index (κ3) is 5.81. The lowest BCUT2D eigenvalue weighted by atomic mass is 10.0. The van der Waals surface area contributed by atoms with Crippen molar-refractivity contribution in [1.29, 1.82) is 0 Å². The molecule has 104 valence electrons. The average molecular weight is 259 g/mol. The van der Waals surface area contributed by atoms with E-state index in [0.29, 0.717) is 6.04 Å². The first kappa shape index (κ1) is 15.6. The Labute approximate surface area is 117 Å². The summed E-state index contributed by atoms with van der Waals surface area (Å²) in [5.74, 6) is 3.73. The molecule has 0 fully saturated rings. The minimum atomic E-state index is 0.205. The van der Waals surface area contributed by atoms with Gasteiger partial charge in [-0.25, -0.2) is 0 Å². The predicted octanol–water partition coefficient (Wildman–Crippen LogP) is 3.41. The molecule has 2 atom stereocenters. The van der Waals surface area contributed by atoms with Crippen LogP contribution in [0.4, 0.5) is 0 Å². The first-order valence-electron chi connectivity index (χ1n) is 7.04. The summed E-state index contributed by atoms with van der Waals surface area (Å²) in [7, 11) is 1.69. The second-order valence-corrected chi connectivity index (χ2v) is 4.96. The van der Waals surface area contributed by atoms with Crippen molar-refractivity contribution < 1.29 is 4.74 Å². The van der Waals surface area contributed by atoms with Crippen LogP contribution >= 0.6 is 0 Å². The van der Waals surface area contributed by atoms with Gasteiger partial charge in [0, 0.05) is 6.04 Å². The molecule has 0 spiro atoms. The van der Waals surface area contributed by atoms with Crippen LogP contribution < -0.4 is 10.1 Å². The number of rotatable bonds is 8. The number of benzene rings is 1. The largest absolute Gasteiger partial charge is 0.497 e. The first-order chi connectivity index (χ1) is 9.19. The average Bonchev–Trinajstić information content (AvgIpc) is 2.45. The highest BCUT2D eigenvalue weighted by Gasteiger charge is 2.08. The van der Waals surface area contributed by atoms with E-state index in [9.17, 15) is 0 Å². The van der Waals surface area contributed by atoms with Gasteiger partial charge in [0.05, 0.1) is 13.2 Å². The fourth-order valence-electron chi connectivity index (χ4n) is 2.11. The molecule has 1 aromatic rings. The summed E-state index contributed by atoms with van der Waals surface area (Å²) in [6, 6.07) is 8.90. The predicted molar refractivity (Wildman–Crippen MR) is 81.4 cm³/mol. The zero-order valence-electron chi connectivity index (χ0n) is 12.3. The van der Waals surface area contributed by atoms with E-state index in [1.807, 2.05) is 12.1 Å². The van der Waals surface area contributed by atoms with E-state index in [-0.39, 0.29) is 6.04 Å². The maximum absolute atomic E-state index is 5.52. The standard InChI is InChI=1S/C17H25NO/c1-5-7-16(6-2)18-14(3)8-9-15-10-12-17(19-4)13-11-15/h2,10-14,16,18H,5,7-9H2,1,3-4H3. The molecule has 0 saturated heterocycles. The Morgan fingerprint density at radius 1 is 1.26 bits per heavy atom. The van der Waals surface area contributed by atoms with Gasteiger partial charge in [-0.3, -0.25) is 0 Å². The second kappa shape index (κ2) is 8.61. The van der Waals surface area contributed by atoms with Gasteiger partial charge in [0.2, 0.25) is 0 Å². The maximum Gasteiger partial charge on any atom is 0.118 e. The van der Waals surface area contributed by atoms with Gasteiger partial charge in [-0.05, 0) is 43.9 Å². The monoisotopic (exact) mass is 259 g/mol. The SMILES string of the molecule is C#CC(CCC)NC(C)CCc1ccc(OC)cc1. The van der Waals surface area contributed by atoms with Gasteiger partial charge < -0.3 is 10.1 Å². The highest BCUT2D eigenvalue weighted by atomic mass is 16.5. The van der Waals surface area contributed by atoms with E-state index in [2.05, 4.69) is 37.2 Å². The lowest BCUT2D eigenvalue weighted by molar-refractivity contribution is 0.414. The van der Waals surface area contributed by atoms with Crippen LogP contribution in [-0.4, -0.2) is 19.2 Å². The molecular formula is C17H25NO. The summed E-state index contributed by atoms with van der Waals surface area (Å²) < 4.78 is 5.15. The van der Waals surface area contributed by atoms with Crippen molar-refractivity contribution >= 4 is 0 Å². The number of ether oxygens (including phenoxy) is 1. The molecule has 0 aliphatic carbocycles. The third-order valence-corrected chi connectivity index (χ3v) is 3.29. The van der Waals surface area contributed by atoms with E-state index in [1.54, 1.807) is 7.11 Å². The van der Waals surface area contributed by atoms with Crippen molar-refractivity contribution in [2.75, 3.05) is 7.11 Å². The molecule has 0 aromatic heterocycles. The van der Waals surface area contributed by atoms with E-state index in [1.165, 1.54) is 5.56 Å². The van der Waals surface area contributed by atoms with Gasteiger partial charge in [0.15, 0.2) is 0 Å². The molecule has 0 saturated carbocycles. The van der Waals surface area contributed by atoms with Gasteiger partial charge in [0.25, 0.3) is 0 Å². The van der Waals surface area contributed by atoms with Crippen LogP contribution in [0.3, 0.4) is 0 Å². The summed E-state index contributed by atoms with van der Waals surface area (Å²) in [6.45, 7) is 4.36. The first-order valence-corrected chi connectivity index (χ1v) is 7.04. The molecule has 1 rings (SSSR count). The van der Waals surface area contributed by atoms with E-state index < -0.39 is 0 Å². The maximum atomic E-state index is 5.52. The van der Waals surface area contributed by atoms with E-state index in [4.69, 9.17) is 11.2 Å². The molecule has 1 aromatic carbocycles. The molecule has 0 aliphatic heterocycles. The lowest BCUT2D eigenvalue weighted by Gasteiger charge is -2.19. The van der Waals surface area contributed by atoms with Crippen molar-refractivity contribution in [2.24, 2.45) is 0 Å². The smallest absolute Gasteiger partial charge is 0.118 e. The van der Waals surface area contributed by atoms with Crippen molar-refractivity contribution in [3.63, 3.8) is 0 Å². The minimum absolute atomic E-state index is 0.205. The zero-order valence-corrected chi connectivity index (χ0v) is 12.3. The van der Waals surface area contributed by atoms with Crippen LogP contribution in [0.1, 0.15) is 38.7 Å². The second-order valence-electron chi connectivity index (χ2n) is 4.96. The zero-order chi connectivity index (χ0) is 14.1. The fraction of sp³-hybridized carbons (Fsp3) is 0.529. The Hall–Kier alpha value is -1.46. The molecule has 0 aliphatic rings. The molecule has 0 radical (unpaired) electrons. The number of aryl methyl sites for hydroxylation is 1. The number of terminal acetylenes is 1. The van der Waals surface area contributed by atoms with Crippen molar-refractivity contribution in [3.05, 3.63) is 29.8 Å². The Bertz CT molecular complexity index is 391. The molecule has 0 heterocycles. The molecule has 19 heavy (non-hydrogen) atoms. The normalized spacial score (nSPS) is 13.6. The Balaban J connectivity index is 2.36. The van der Waals surface area contributed by atoms with Crippen LogP contribution in [0.15, 0.2) is 24.3 Å². The van der Waals surface area contributed by atoms with Gasteiger partial charge in [-0.15, -0.1) is 6.42 Å². The van der Waals surface area contributed by atoms with Crippen LogP contribution in [0.2, 0.25) is 0 Å². The number of hydrogen-bond donors (Lipinski definition) is 1. The Morgan fingerprint density at radius 2 is 1.95 bits per heavy atom. The summed E-state index contributed by atoms with van der Waals surface area (Å²) in [5.41, 5.74) is 1.34. The van der Waals surface area contributed by atoms with Crippen molar-refractivity contribution in [2.45, 2.75) is 51.6 Å². The highest BCUT2D eigenvalue weighted by Crippen LogP contribution is 2.13. The molecule has 2 heteroatoms. The molecule has 0 amide bonds. The number of nitrogens with one attached hydrogen (secondary N) is 1. The van der Waals surface area contributed by atoms with Crippen LogP contribution in [-0.2, 0) is 6.42 Å². The van der Waals surface area contributed by atoms with Crippen LogP contribution in [0.25, 0.3) is 0 Å². The van der Waals surface area contributed by atoms with Crippen molar-refractivity contribution in [1.82, 2.24) is 5.32 Å². The molecule has 2 unspecified atom stereocenters. The Kier molecular flexibility index (Phi) is 7.07. The van der Waals surface area contributed by atoms with Crippen LogP contribution in [0.5, 0.6) is 5.75 Å². The fourth-order valence-corrected chi connectivity index (χ4v) is 2.11. The quantitative estimate of drug-likeness (QED) is 0.722. The van der Waals surface area contributed by atoms with Crippen LogP contribution in [0, 0.1) is 12.3 Å². The van der Waals surface area contributed by atoms with Gasteiger partial charge in [0.1, 0.15) is 5.75 Å². The minimum Gasteiger partial charge on any atom is -0.497 e. The van der Waals surface area contributed by atoms with Crippen molar-refractivity contribution in [3.8, 4) is 18.1 Å². The van der Waals surface area contributed by atoms with Gasteiger partial charge in [-0.2, -0.15) is 0 Å². The summed E-state index contributed by atoms with van der Waals surface area (Å²) >= 11 is 0. The topological polar surface area (TPSA) is 21.3 Å². The number of hydrogen-bond acceptors (Lipinski definition) is 2. The molecule has 0 bridgehead atoms. The molecular weight excluding hydrogens is 234 g/mol. The van der Waals surface area contributed by atoms with E-state index >= 15 is 0 Å². The summed E-state index contributed by atoms with van der Waals surface area (Å²) in [5, 5.41) is 3.50. The number of methoxy groups -OCH3 is 1. The lowest BCUT2D eigenvalue weighted by Crippen LogP contribution is -2.35. The Morgan fingerprint density at radius 3 is 2.47 bits per heavy atom.